The molecule has 0 spiro atoms. The van der Waals surface area contributed by atoms with E-state index in [1.165, 1.54) is 4.31 Å². The maximum Gasteiger partial charge on any atom is 0.253 e. The van der Waals surface area contributed by atoms with Crippen LogP contribution < -0.4 is 0 Å². The Kier molecular flexibility index (Phi) is 8.88. The van der Waals surface area contributed by atoms with Gasteiger partial charge in [0.05, 0.1) is 21.0 Å². The Hall–Kier alpha value is -2.42. The van der Waals surface area contributed by atoms with E-state index in [9.17, 15) is 13.2 Å². The van der Waals surface area contributed by atoms with E-state index in [-0.39, 0.29) is 17.4 Å². The standard InChI is InChI=1S/C31H35Cl2N3O3S/c1-34(40(38,39)27-12-6-3-7-13-27)26-21-35(22-26)18-8-16-31(25-14-15-28(32)29(33)20-25)17-9-19-36(23-31)30(37)24-10-4-2-5-11-24/h2-7,10-15,20,26H,8-9,16-19,21-23H2,1H3/t31-/m0/s1. The van der Waals surface area contributed by atoms with Crippen molar-refractivity contribution >= 4 is 39.1 Å². The normalized spacial score (nSPS) is 20.4. The lowest BCUT2D eigenvalue weighted by Crippen LogP contribution is -2.59. The molecule has 1 atom stereocenters. The SMILES string of the molecule is CN(C1CN(CCC[C@]2(c3ccc(Cl)c(Cl)c3)CCCN(C(=O)c3ccccc3)C2)C1)S(=O)(=O)c1ccccc1. The van der Waals surface area contributed by atoms with Crippen LogP contribution in [0.25, 0.3) is 0 Å². The minimum Gasteiger partial charge on any atom is -0.338 e. The Morgan fingerprint density at radius 1 is 0.975 bits per heavy atom. The summed E-state index contributed by atoms with van der Waals surface area (Å²) in [6, 6.07) is 23.9. The minimum atomic E-state index is -3.50. The van der Waals surface area contributed by atoms with Crippen LogP contribution in [0.3, 0.4) is 0 Å². The van der Waals surface area contributed by atoms with Crippen molar-refractivity contribution in [3.05, 3.63) is 100 Å². The van der Waals surface area contributed by atoms with Gasteiger partial charge in [0.15, 0.2) is 0 Å². The van der Waals surface area contributed by atoms with Crippen molar-refractivity contribution in [3.8, 4) is 0 Å². The highest BCUT2D eigenvalue weighted by Crippen LogP contribution is 2.41. The fourth-order valence-corrected chi connectivity index (χ4v) is 7.69. The van der Waals surface area contributed by atoms with Crippen LogP contribution in [0.5, 0.6) is 0 Å². The molecule has 2 heterocycles. The Morgan fingerprint density at radius 2 is 1.65 bits per heavy atom. The van der Waals surface area contributed by atoms with Crippen molar-refractivity contribution in [1.82, 2.24) is 14.1 Å². The zero-order chi connectivity index (χ0) is 28.3. The highest BCUT2D eigenvalue weighted by Gasteiger charge is 2.40. The summed E-state index contributed by atoms with van der Waals surface area (Å²) in [7, 11) is -1.83. The number of halogens is 2. The van der Waals surface area contributed by atoms with E-state index in [0.29, 0.717) is 40.1 Å². The summed E-state index contributed by atoms with van der Waals surface area (Å²) < 4.78 is 27.5. The van der Waals surface area contributed by atoms with Crippen LogP contribution >= 0.6 is 23.2 Å². The second kappa shape index (κ2) is 12.2. The molecule has 6 nitrogen and oxygen atoms in total. The molecule has 2 saturated heterocycles. The number of rotatable bonds is 9. The number of amides is 1. The quantitative estimate of drug-likeness (QED) is 0.305. The van der Waals surface area contributed by atoms with E-state index in [1.807, 2.05) is 59.5 Å². The molecule has 0 unspecified atom stereocenters. The van der Waals surface area contributed by atoms with Crippen LogP contribution in [0.2, 0.25) is 10.0 Å². The largest absolute Gasteiger partial charge is 0.338 e. The third-order valence-electron chi connectivity index (χ3n) is 8.42. The molecule has 2 aliphatic heterocycles. The van der Waals surface area contributed by atoms with E-state index in [1.54, 1.807) is 31.3 Å². The Labute approximate surface area is 247 Å². The number of carbonyl (C=O) groups is 1. The van der Waals surface area contributed by atoms with Crippen LogP contribution in [0.1, 0.15) is 41.6 Å². The molecule has 0 N–H and O–H groups in total. The van der Waals surface area contributed by atoms with Crippen LogP contribution in [0.4, 0.5) is 0 Å². The van der Waals surface area contributed by atoms with E-state index < -0.39 is 10.0 Å². The summed E-state index contributed by atoms with van der Waals surface area (Å²) in [5, 5.41) is 1.05. The van der Waals surface area contributed by atoms with Gasteiger partial charge in [0.1, 0.15) is 0 Å². The number of hydrogen-bond donors (Lipinski definition) is 0. The van der Waals surface area contributed by atoms with Gasteiger partial charge in [-0.25, -0.2) is 8.42 Å². The Balaban J connectivity index is 1.25. The first-order valence-corrected chi connectivity index (χ1v) is 15.9. The van der Waals surface area contributed by atoms with E-state index >= 15 is 0 Å². The topological polar surface area (TPSA) is 60.9 Å². The highest BCUT2D eigenvalue weighted by molar-refractivity contribution is 7.89. The summed E-state index contributed by atoms with van der Waals surface area (Å²) in [6.07, 6.45) is 3.69. The lowest BCUT2D eigenvalue weighted by Gasteiger charge is -2.46. The second-order valence-corrected chi connectivity index (χ2v) is 13.8. The molecule has 0 radical (unpaired) electrons. The van der Waals surface area contributed by atoms with Crippen molar-refractivity contribution in [2.24, 2.45) is 0 Å². The first-order chi connectivity index (χ1) is 19.2. The highest BCUT2D eigenvalue weighted by atomic mass is 35.5. The number of nitrogens with zero attached hydrogens (tertiary/aromatic N) is 3. The molecule has 0 aliphatic carbocycles. The minimum absolute atomic E-state index is 0.0390. The number of likely N-dealkylation sites (tertiary alicyclic amines) is 2. The lowest BCUT2D eigenvalue weighted by atomic mass is 9.71. The van der Waals surface area contributed by atoms with Crippen LogP contribution in [0.15, 0.2) is 83.8 Å². The molecule has 1 amide bonds. The average Bonchev–Trinajstić information content (AvgIpc) is 2.96. The van der Waals surface area contributed by atoms with Gasteiger partial charge in [-0.05, 0) is 74.2 Å². The summed E-state index contributed by atoms with van der Waals surface area (Å²) >= 11 is 12.7. The summed E-state index contributed by atoms with van der Waals surface area (Å²) in [5.74, 6) is 0.0537. The molecule has 3 aromatic carbocycles. The fraction of sp³-hybridized carbons (Fsp3) is 0.387. The van der Waals surface area contributed by atoms with Crippen molar-refractivity contribution in [3.63, 3.8) is 0 Å². The number of likely N-dealkylation sites (N-methyl/N-ethyl adjacent to an activating group) is 1. The van der Waals surface area contributed by atoms with E-state index in [4.69, 9.17) is 23.2 Å². The summed E-state index contributed by atoms with van der Waals surface area (Å²) in [6.45, 7) is 3.64. The van der Waals surface area contributed by atoms with Gasteiger partial charge < -0.3 is 9.80 Å². The summed E-state index contributed by atoms with van der Waals surface area (Å²) in [5.41, 5.74) is 1.59. The number of benzene rings is 3. The van der Waals surface area contributed by atoms with Gasteiger partial charge >= 0.3 is 0 Å². The van der Waals surface area contributed by atoms with Gasteiger partial charge in [0.25, 0.3) is 5.91 Å². The smallest absolute Gasteiger partial charge is 0.253 e. The molecule has 5 rings (SSSR count). The first kappa shape index (κ1) is 29.1. The van der Waals surface area contributed by atoms with Gasteiger partial charge in [0.2, 0.25) is 10.0 Å². The third-order valence-corrected chi connectivity index (χ3v) is 11.1. The summed E-state index contributed by atoms with van der Waals surface area (Å²) in [4.78, 5) is 18.0. The molecule has 3 aromatic rings. The number of piperidine rings is 1. The fourth-order valence-electron chi connectivity index (χ4n) is 6.03. The molecule has 9 heteroatoms. The third kappa shape index (κ3) is 6.09. The second-order valence-electron chi connectivity index (χ2n) is 11.0. The van der Waals surface area contributed by atoms with E-state index in [2.05, 4.69) is 4.90 Å². The lowest BCUT2D eigenvalue weighted by molar-refractivity contribution is 0.0595. The van der Waals surface area contributed by atoms with Crippen LogP contribution in [0, 0.1) is 0 Å². The monoisotopic (exact) mass is 599 g/mol. The predicted molar refractivity (Wildman–Crippen MR) is 161 cm³/mol. The van der Waals surface area contributed by atoms with Crippen molar-refractivity contribution in [2.75, 3.05) is 39.8 Å². The van der Waals surface area contributed by atoms with Crippen LogP contribution in [-0.4, -0.2) is 74.2 Å². The zero-order valence-electron chi connectivity index (χ0n) is 22.7. The number of carbonyl (C=O) groups excluding carboxylic acids is 1. The van der Waals surface area contributed by atoms with Gasteiger partial charge in [0, 0.05) is 44.2 Å². The van der Waals surface area contributed by atoms with Gasteiger partial charge in [-0.2, -0.15) is 4.31 Å². The molecule has 40 heavy (non-hydrogen) atoms. The molecule has 2 aliphatic rings. The van der Waals surface area contributed by atoms with Gasteiger partial charge in [-0.3, -0.25) is 4.79 Å². The van der Waals surface area contributed by atoms with Crippen molar-refractivity contribution in [1.29, 1.82) is 0 Å². The molecular weight excluding hydrogens is 565 g/mol. The Bertz CT molecular complexity index is 1430. The Morgan fingerprint density at radius 3 is 2.33 bits per heavy atom. The molecule has 0 aromatic heterocycles. The van der Waals surface area contributed by atoms with E-state index in [0.717, 1.165) is 44.3 Å². The number of hydrogen-bond acceptors (Lipinski definition) is 4. The molecule has 0 bridgehead atoms. The zero-order valence-corrected chi connectivity index (χ0v) is 25.0. The number of sulfonamides is 1. The predicted octanol–water partition coefficient (Wildman–Crippen LogP) is 5.95. The maximum absolute atomic E-state index is 13.4. The van der Waals surface area contributed by atoms with Gasteiger partial charge in [-0.1, -0.05) is 65.7 Å². The van der Waals surface area contributed by atoms with Crippen molar-refractivity contribution < 1.29 is 13.2 Å². The molecule has 0 saturated carbocycles. The van der Waals surface area contributed by atoms with Gasteiger partial charge in [-0.15, -0.1) is 0 Å². The average molecular weight is 601 g/mol. The first-order valence-electron chi connectivity index (χ1n) is 13.7. The van der Waals surface area contributed by atoms with Crippen molar-refractivity contribution in [2.45, 2.75) is 42.0 Å². The molecule has 2 fully saturated rings. The molecule has 212 valence electrons. The van der Waals surface area contributed by atoms with Crippen LogP contribution in [-0.2, 0) is 15.4 Å². The molecular formula is C31H35Cl2N3O3S. The maximum atomic E-state index is 13.4.